The van der Waals surface area contributed by atoms with Crippen molar-refractivity contribution in [3.63, 3.8) is 0 Å². The van der Waals surface area contributed by atoms with E-state index >= 15 is 0 Å². The van der Waals surface area contributed by atoms with Crippen molar-refractivity contribution >= 4 is 28.9 Å². The molecule has 0 atom stereocenters. The fraction of sp³-hybridized carbons (Fsp3) is 0.375. The number of rotatable bonds is 1. The molecule has 1 aromatic rings. The van der Waals surface area contributed by atoms with Crippen LogP contribution in [-0.4, -0.2) is 34.2 Å². The highest BCUT2D eigenvalue weighted by molar-refractivity contribution is 8.18. The molecule has 1 saturated heterocycles. The maximum atomic E-state index is 12.0. The Kier molecular flexibility index (Phi) is 4.29. The predicted molar refractivity (Wildman–Crippen MR) is 86.2 cm³/mol. The normalized spacial score (nSPS) is 21.5. The molecule has 5 heteroatoms. The van der Waals surface area contributed by atoms with Crippen LogP contribution in [0.3, 0.4) is 0 Å². The maximum absolute atomic E-state index is 12.0. The van der Waals surface area contributed by atoms with Crippen molar-refractivity contribution < 1.29 is 9.90 Å². The number of aromatic hydroxyl groups is 1. The van der Waals surface area contributed by atoms with E-state index in [2.05, 4.69) is 9.89 Å². The number of amidine groups is 1. The summed E-state index contributed by atoms with van der Waals surface area (Å²) in [7, 11) is 0. The number of amides is 1. The van der Waals surface area contributed by atoms with Gasteiger partial charge in [0.15, 0.2) is 5.17 Å². The molecule has 2 aliphatic heterocycles. The highest BCUT2D eigenvalue weighted by Gasteiger charge is 2.26. The van der Waals surface area contributed by atoms with Crippen LogP contribution in [0.15, 0.2) is 34.2 Å². The average Bonchev–Trinajstić information content (AvgIpc) is 2.69. The smallest absolute Gasteiger partial charge is 0.286 e. The Bertz CT molecular complexity index is 585. The summed E-state index contributed by atoms with van der Waals surface area (Å²) in [6.45, 7) is 1.98. The molecule has 0 saturated carbocycles. The SMILES string of the molecule is O=C1N=C(N2CCCCCC2)S/C1=C\c1ccc(O)cc1. The number of likely N-dealkylation sites (tertiary alicyclic amines) is 1. The summed E-state index contributed by atoms with van der Waals surface area (Å²) in [5, 5.41) is 10.1. The van der Waals surface area contributed by atoms with Gasteiger partial charge in [0.2, 0.25) is 0 Å². The van der Waals surface area contributed by atoms with E-state index in [1.54, 1.807) is 24.3 Å². The number of aliphatic imine (C=N–C) groups is 1. The van der Waals surface area contributed by atoms with Crippen LogP contribution in [0.2, 0.25) is 0 Å². The molecule has 21 heavy (non-hydrogen) atoms. The minimum atomic E-state index is -0.160. The molecule has 4 nitrogen and oxygen atoms in total. The minimum absolute atomic E-state index is 0.160. The molecule has 0 aliphatic carbocycles. The zero-order valence-electron chi connectivity index (χ0n) is 11.8. The molecule has 1 aromatic carbocycles. The fourth-order valence-electron chi connectivity index (χ4n) is 2.52. The molecule has 0 bridgehead atoms. The summed E-state index contributed by atoms with van der Waals surface area (Å²) in [4.78, 5) is 19.1. The first-order valence-electron chi connectivity index (χ1n) is 7.29. The summed E-state index contributed by atoms with van der Waals surface area (Å²) in [6, 6.07) is 6.82. The summed E-state index contributed by atoms with van der Waals surface area (Å²) >= 11 is 1.46. The molecule has 3 rings (SSSR count). The van der Waals surface area contributed by atoms with Gasteiger partial charge in [0.05, 0.1) is 4.91 Å². The van der Waals surface area contributed by atoms with E-state index in [0.29, 0.717) is 4.91 Å². The molecule has 2 heterocycles. The van der Waals surface area contributed by atoms with Crippen LogP contribution in [0.25, 0.3) is 6.08 Å². The lowest BCUT2D eigenvalue weighted by Gasteiger charge is -2.20. The van der Waals surface area contributed by atoms with Gasteiger partial charge < -0.3 is 10.0 Å². The van der Waals surface area contributed by atoms with Gasteiger partial charge in [0, 0.05) is 13.1 Å². The van der Waals surface area contributed by atoms with Crippen molar-refractivity contribution in [1.29, 1.82) is 0 Å². The van der Waals surface area contributed by atoms with Crippen molar-refractivity contribution in [2.24, 2.45) is 4.99 Å². The number of benzene rings is 1. The molecule has 1 fully saturated rings. The third-order valence-electron chi connectivity index (χ3n) is 3.68. The van der Waals surface area contributed by atoms with Gasteiger partial charge >= 0.3 is 0 Å². The third kappa shape index (κ3) is 3.47. The van der Waals surface area contributed by atoms with Crippen LogP contribution < -0.4 is 0 Å². The highest BCUT2D eigenvalue weighted by Crippen LogP contribution is 2.31. The van der Waals surface area contributed by atoms with Crippen LogP contribution in [0.5, 0.6) is 5.75 Å². The first-order chi connectivity index (χ1) is 10.2. The molecule has 1 N–H and O–H groups in total. The number of thioether (sulfide) groups is 1. The Labute approximate surface area is 128 Å². The van der Waals surface area contributed by atoms with Gasteiger partial charge in [-0.05, 0) is 48.4 Å². The van der Waals surface area contributed by atoms with Gasteiger partial charge in [-0.1, -0.05) is 25.0 Å². The Morgan fingerprint density at radius 1 is 1.10 bits per heavy atom. The lowest BCUT2D eigenvalue weighted by molar-refractivity contribution is -0.113. The van der Waals surface area contributed by atoms with Crippen molar-refractivity contribution in [3.8, 4) is 5.75 Å². The summed E-state index contributed by atoms with van der Waals surface area (Å²) in [5.41, 5.74) is 0.899. The monoisotopic (exact) mass is 302 g/mol. The van der Waals surface area contributed by atoms with E-state index in [9.17, 15) is 9.90 Å². The number of carbonyl (C=O) groups is 1. The first-order valence-corrected chi connectivity index (χ1v) is 8.10. The van der Waals surface area contributed by atoms with E-state index in [0.717, 1.165) is 23.8 Å². The van der Waals surface area contributed by atoms with Gasteiger partial charge in [0.1, 0.15) is 5.75 Å². The van der Waals surface area contributed by atoms with E-state index in [1.165, 1.54) is 37.4 Å². The first kappa shape index (κ1) is 14.2. The predicted octanol–water partition coefficient (Wildman–Crippen LogP) is 3.24. The molecule has 0 aromatic heterocycles. The molecule has 110 valence electrons. The number of carbonyl (C=O) groups excluding carboxylic acids is 1. The van der Waals surface area contributed by atoms with Crippen molar-refractivity contribution in [3.05, 3.63) is 34.7 Å². The summed E-state index contributed by atoms with van der Waals surface area (Å²) in [5.74, 6) is 0.0661. The van der Waals surface area contributed by atoms with Crippen LogP contribution in [-0.2, 0) is 4.79 Å². The number of hydrogen-bond acceptors (Lipinski definition) is 4. The largest absolute Gasteiger partial charge is 0.508 e. The second kappa shape index (κ2) is 6.35. The van der Waals surface area contributed by atoms with Crippen LogP contribution in [0.4, 0.5) is 0 Å². The van der Waals surface area contributed by atoms with E-state index in [-0.39, 0.29) is 11.7 Å². The van der Waals surface area contributed by atoms with Gasteiger partial charge in [-0.3, -0.25) is 4.79 Å². The molecule has 0 unspecified atom stereocenters. The van der Waals surface area contributed by atoms with Crippen molar-refractivity contribution in [2.45, 2.75) is 25.7 Å². The van der Waals surface area contributed by atoms with E-state index in [4.69, 9.17) is 0 Å². The van der Waals surface area contributed by atoms with E-state index < -0.39 is 0 Å². The second-order valence-corrected chi connectivity index (χ2v) is 6.31. The van der Waals surface area contributed by atoms with Gasteiger partial charge in [-0.25, -0.2) is 0 Å². The van der Waals surface area contributed by atoms with Crippen molar-refractivity contribution in [1.82, 2.24) is 4.90 Å². The lowest BCUT2D eigenvalue weighted by atomic mass is 10.2. The number of phenolic OH excluding ortho intramolecular Hbond substituents is 1. The quantitative estimate of drug-likeness (QED) is 0.809. The van der Waals surface area contributed by atoms with Crippen molar-refractivity contribution in [2.75, 3.05) is 13.1 Å². The third-order valence-corrected chi connectivity index (χ3v) is 4.72. The molecular weight excluding hydrogens is 284 g/mol. The van der Waals surface area contributed by atoms with Gasteiger partial charge in [-0.2, -0.15) is 4.99 Å². The van der Waals surface area contributed by atoms with Gasteiger partial charge in [-0.15, -0.1) is 0 Å². The number of nitrogens with zero attached hydrogens (tertiary/aromatic N) is 2. The van der Waals surface area contributed by atoms with Crippen LogP contribution in [0, 0.1) is 0 Å². The van der Waals surface area contributed by atoms with Gasteiger partial charge in [0.25, 0.3) is 5.91 Å². The molecule has 1 amide bonds. The average molecular weight is 302 g/mol. The van der Waals surface area contributed by atoms with Crippen LogP contribution >= 0.6 is 11.8 Å². The summed E-state index contributed by atoms with van der Waals surface area (Å²) < 4.78 is 0. The zero-order chi connectivity index (χ0) is 14.7. The van der Waals surface area contributed by atoms with Crippen LogP contribution in [0.1, 0.15) is 31.2 Å². The standard InChI is InChI=1S/C16H18N2O2S/c19-13-7-5-12(6-8-13)11-14-15(20)17-16(21-14)18-9-3-1-2-4-10-18/h5-8,11,19H,1-4,9-10H2/b14-11-. The zero-order valence-corrected chi connectivity index (χ0v) is 12.6. The Morgan fingerprint density at radius 2 is 1.76 bits per heavy atom. The minimum Gasteiger partial charge on any atom is -0.508 e. The molecule has 0 radical (unpaired) electrons. The Hall–Kier alpha value is -1.75. The van der Waals surface area contributed by atoms with E-state index in [1.807, 2.05) is 6.08 Å². The Balaban J connectivity index is 1.73. The topological polar surface area (TPSA) is 52.9 Å². The lowest BCUT2D eigenvalue weighted by Crippen LogP contribution is -2.28. The molecule has 0 spiro atoms. The fourth-order valence-corrected chi connectivity index (χ4v) is 3.48. The molecular formula is C16H18N2O2S. The molecule has 2 aliphatic rings. The number of hydrogen-bond donors (Lipinski definition) is 1. The number of phenols is 1. The maximum Gasteiger partial charge on any atom is 0.286 e. The second-order valence-electron chi connectivity index (χ2n) is 5.30. The Morgan fingerprint density at radius 3 is 2.43 bits per heavy atom. The summed E-state index contributed by atoms with van der Waals surface area (Å²) in [6.07, 6.45) is 6.70. The highest BCUT2D eigenvalue weighted by atomic mass is 32.2.